The number of piperidine rings is 1. The van der Waals surface area contributed by atoms with Gasteiger partial charge in [0, 0.05) is 26.4 Å². The predicted octanol–water partition coefficient (Wildman–Crippen LogP) is 5.38. The van der Waals surface area contributed by atoms with Crippen molar-refractivity contribution in [3.63, 3.8) is 0 Å². The number of nitrogens with zero attached hydrogens (tertiary/aromatic N) is 6. The van der Waals surface area contributed by atoms with Crippen LogP contribution in [0.25, 0.3) is 0 Å². The fraction of sp³-hybridized carbons (Fsp3) is 0.583. The number of halogens is 3. The molecule has 1 unspecified atom stereocenters. The average molecular weight is 491 g/mol. The third-order valence-electron chi connectivity index (χ3n) is 6.95. The van der Waals surface area contributed by atoms with Crippen LogP contribution in [0.15, 0.2) is 22.6 Å². The van der Waals surface area contributed by atoms with Crippen LogP contribution in [-0.2, 0) is 12.6 Å². The molecule has 35 heavy (non-hydrogen) atoms. The number of alkyl halides is 3. The van der Waals surface area contributed by atoms with Crippen LogP contribution < -0.4 is 9.64 Å². The molecule has 1 aromatic carbocycles. The van der Waals surface area contributed by atoms with Crippen molar-refractivity contribution in [2.75, 3.05) is 18.0 Å². The highest BCUT2D eigenvalue weighted by atomic mass is 19.4. The second-order valence-corrected chi connectivity index (χ2v) is 9.96. The lowest BCUT2D eigenvalue weighted by atomic mass is 9.82. The molecule has 0 N–H and O–H groups in total. The first-order valence-electron chi connectivity index (χ1n) is 11.9. The van der Waals surface area contributed by atoms with Crippen molar-refractivity contribution in [2.24, 2.45) is 17.8 Å². The van der Waals surface area contributed by atoms with Crippen LogP contribution >= 0.6 is 0 Å². The summed E-state index contributed by atoms with van der Waals surface area (Å²) >= 11 is 0. The van der Waals surface area contributed by atoms with Gasteiger partial charge < -0.3 is 14.1 Å². The minimum Gasteiger partial charge on any atom is -0.424 e. The molecular formula is C24H29F3N6O2. The van der Waals surface area contributed by atoms with Gasteiger partial charge in [0.05, 0.1) is 11.6 Å². The molecule has 2 aromatic heterocycles. The Balaban J connectivity index is 1.34. The second kappa shape index (κ2) is 8.83. The number of aromatic nitrogens is 5. The van der Waals surface area contributed by atoms with Crippen molar-refractivity contribution in [3.05, 3.63) is 41.0 Å². The van der Waals surface area contributed by atoms with Gasteiger partial charge in [-0.2, -0.15) is 23.3 Å². The summed E-state index contributed by atoms with van der Waals surface area (Å²) in [6.07, 6.45) is -1.51. The van der Waals surface area contributed by atoms with Gasteiger partial charge >= 0.3 is 18.2 Å². The van der Waals surface area contributed by atoms with Crippen LogP contribution in [-0.4, -0.2) is 38.1 Å². The van der Waals surface area contributed by atoms with Crippen LogP contribution in [0.2, 0.25) is 0 Å². The molecule has 2 bridgehead atoms. The first kappa shape index (κ1) is 23.6. The van der Waals surface area contributed by atoms with Crippen molar-refractivity contribution in [3.8, 4) is 11.8 Å². The lowest BCUT2D eigenvalue weighted by molar-refractivity contribution is -0.137. The van der Waals surface area contributed by atoms with Gasteiger partial charge in [0.1, 0.15) is 5.75 Å². The molecule has 3 heterocycles. The van der Waals surface area contributed by atoms with Crippen LogP contribution in [0.3, 0.4) is 0 Å². The van der Waals surface area contributed by atoms with Crippen molar-refractivity contribution in [1.29, 1.82) is 0 Å². The number of rotatable bonds is 6. The third-order valence-corrected chi connectivity index (χ3v) is 6.95. The van der Waals surface area contributed by atoms with E-state index in [1.807, 2.05) is 13.8 Å². The lowest BCUT2D eigenvalue weighted by Gasteiger charge is -2.36. The van der Waals surface area contributed by atoms with E-state index in [1.54, 1.807) is 24.6 Å². The maximum absolute atomic E-state index is 13.3. The molecule has 0 radical (unpaired) electrons. The molecule has 11 heteroatoms. The summed E-state index contributed by atoms with van der Waals surface area (Å²) in [6.45, 7) is 8.98. The smallest absolute Gasteiger partial charge is 0.416 e. The summed E-state index contributed by atoms with van der Waals surface area (Å²) in [5, 5.41) is 12.8. The highest BCUT2D eigenvalue weighted by Gasteiger charge is 2.43. The molecule has 0 amide bonds. The van der Waals surface area contributed by atoms with Gasteiger partial charge in [0.25, 0.3) is 0 Å². The molecule has 1 aliphatic carbocycles. The van der Waals surface area contributed by atoms with Gasteiger partial charge in [-0.15, -0.1) is 5.10 Å². The normalized spacial score (nSPS) is 22.3. The monoisotopic (exact) mass is 490 g/mol. The highest BCUT2D eigenvalue weighted by molar-refractivity contribution is 5.36. The summed E-state index contributed by atoms with van der Waals surface area (Å²) in [7, 11) is 0. The van der Waals surface area contributed by atoms with Crippen LogP contribution in [0, 0.1) is 31.6 Å². The number of fused-ring (bicyclic) bond motifs is 2. The van der Waals surface area contributed by atoms with E-state index in [2.05, 4.69) is 25.2 Å². The van der Waals surface area contributed by atoms with E-state index in [-0.39, 0.29) is 17.8 Å². The van der Waals surface area contributed by atoms with E-state index in [4.69, 9.17) is 9.15 Å². The molecule has 188 valence electrons. The van der Waals surface area contributed by atoms with Crippen LogP contribution in [0.5, 0.6) is 11.8 Å². The van der Waals surface area contributed by atoms with Gasteiger partial charge in [-0.3, -0.25) is 0 Å². The fourth-order valence-electron chi connectivity index (χ4n) is 5.37. The Morgan fingerprint density at radius 1 is 1.09 bits per heavy atom. The Hall–Kier alpha value is -3.11. The van der Waals surface area contributed by atoms with E-state index in [0.717, 1.165) is 38.1 Å². The zero-order valence-electron chi connectivity index (χ0n) is 20.2. The SMILES string of the molecule is Cc1cc(Oc2nc(CC3[C@@H]4CC[C@H]3CN(c3nnc(C)o3)C4)nn2C(C)C)cc(C(F)(F)F)c1. The molecule has 3 atom stereocenters. The molecular weight excluding hydrogens is 461 g/mol. The van der Waals surface area contributed by atoms with E-state index < -0.39 is 11.7 Å². The minimum absolute atomic E-state index is 0.0579. The first-order valence-corrected chi connectivity index (χ1v) is 11.9. The molecule has 0 spiro atoms. The molecule has 1 saturated carbocycles. The molecule has 2 fully saturated rings. The largest absolute Gasteiger partial charge is 0.424 e. The zero-order valence-corrected chi connectivity index (χ0v) is 20.2. The van der Waals surface area contributed by atoms with E-state index >= 15 is 0 Å². The van der Waals surface area contributed by atoms with Crippen molar-refractivity contribution < 1.29 is 22.3 Å². The molecule has 1 saturated heterocycles. The Bertz CT molecular complexity index is 1190. The van der Waals surface area contributed by atoms with E-state index in [1.165, 1.54) is 0 Å². The summed E-state index contributed by atoms with van der Waals surface area (Å²) in [5.74, 6) is 2.65. The Morgan fingerprint density at radius 2 is 1.80 bits per heavy atom. The quantitative estimate of drug-likeness (QED) is 0.459. The third kappa shape index (κ3) is 4.85. The van der Waals surface area contributed by atoms with E-state index in [0.29, 0.717) is 47.5 Å². The lowest BCUT2D eigenvalue weighted by Crippen LogP contribution is -2.43. The van der Waals surface area contributed by atoms with Gasteiger partial charge in [0.2, 0.25) is 5.89 Å². The van der Waals surface area contributed by atoms with Crippen LogP contribution in [0.1, 0.15) is 55.6 Å². The number of benzene rings is 1. The summed E-state index contributed by atoms with van der Waals surface area (Å²) in [6, 6.07) is 4.40. The molecule has 2 aliphatic rings. The molecule has 3 aromatic rings. The maximum atomic E-state index is 13.3. The summed E-state index contributed by atoms with van der Waals surface area (Å²) in [5.41, 5.74) is -0.284. The van der Waals surface area contributed by atoms with Crippen molar-refractivity contribution in [2.45, 2.75) is 59.2 Å². The average Bonchev–Trinajstić information content (AvgIpc) is 3.43. The Labute approximate surface area is 201 Å². The van der Waals surface area contributed by atoms with Crippen LogP contribution in [0.4, 0.5) is 19.2 Å². The fourth-order valence-corrected chi connectivity index (χ4v) is 5.37. The summed E-state index contributed by atoms with van der Waals surface area (Å²) in [4.78, 5) is 6.78. The predicted molar refractivity (Wildman–Crippen MR) is 121 cm³/mol. The van der Waals surface area contributed by atoms with Crippen molar-refractivity contribution in [1.82, 2.24) is 25.0 Å². The molecule has 5 rings (SSSR count). The Morgan fingerprint density at radius 3 is 2.40 bits per heavy atom. The Kier molecular flexibility index (Phi) is 5.96. The summed E-state index contributed by atoms with van der Waals surface area (Å²) < 4.78 is 52.9. The second-order valence-electron chi connectivity index (χ2n) is 9.96. The highest BCUT2D eigenvalue weighted by Crippen LogP contribution is 2.44. The first-order chi connectivity index (χ1) is 16.6. The van der Waals surface area contributed by atoms with Gasteiger partial charge in [-0.05, 0) is 75.1 Å². The topological polar surface area (TPSA) is 82.1 Å². The maximum Gasteiger partial charge on any atom is 0.416 e. The van der Waals surface area contributed by atoms with Crippen molar-refractivity contribution >= 4 is 6.01 Å². The number of aryl methyl sites for hydroxylation is 2. The minimum atomic E-state index is -4.45. The zero-order chi connectivity index (χ0) is 24.9. The molecule has 8 nitrogen and oxygen atoms in total. The number of hydrogen-bond donors (Lipinski definition) is 0. The number of ether oxygens (including phenoxy) is 1. The number of hydrogen-bond acceptors (Lipinski definition) is 7. The standard InChI is InChI=1S/C24H29F3N6O2/c1-13(2)33-22(35-19-8-14(3)7-18(9-19)24(25,26)27)28-21(31-33)10-20-16-5-6-17(20)12-32(11-16)23-30-29-15(4)34-23/h7-9,13,16-17,20H,5-6,10-12H2,1-4H3/t16-,17+,20?. The van der Waals surface area contributed by atoms with E-state index in [9.17, 15) is 13.2 Å². The van der Waals surface area contributed by atoms with Gasteiger partial charge in [0.15, 0.2) is 5.82 Å². The van der Waals surface area contributed by atoms with Gasteiger partial charge in [-0.1, -0.05) is 5.10 Å². The van der Waals surface area contributed by atoms with Gasteiger partial charge in [-0.25, -0.2) is 4.68 Å². The molecule has 1 aliphatic heterocycles. The number of anilines is 1.